The van der Waals surface area contributed by atoms with E-state index in [0.29, 0.717) is 6.07 Å². The highest BCUT2D eigenvalue weighted by Crippen LogP contribution is 2.55. The average Bonchev–Trinajstić information content (AvgIpc) is 2.54. The van der Waals surface area contributed by atoms with E-state index in [1.165, 1.54) is 24.3 Å². The molecule has 0 bridgehead atoms. The number of nitrogens with two attached hydrogens (primary N) is 1. The van der Waals surface area contributed by atoms with E-state index < -0.39 is 35.1 Å². The number of halogens is 7. The fourth-order valence-electron chi connectivity index (χ4n) is 2.90. The summed E-state index contributed by atoms with van der Waals surface area (Å²) in [5.41, 5.74) is -3.31. The van der Waals surface area contributed by atoms with Gasteiger partial charge in [-0.1, -0.05) is 30.3 Å². The van der Waals surface area contributed by atoms with Crippen molar-refractivity contribution in [1.82, 2.24) is 0 Å². The van der Waals surface area contributed by atoms with Crippen molar-refractivity contribution in [3.63, 3.8) is 0 Å². The fourth-order valence-corrected chi connectivity index (χ4v) is 2.90. The Balaban J connectivity index is 2.99. The smallest absolute Gasteiger partial charge is 0.366 e. The first-order valence-corrected chi connectivity index (χ1v) is 7.55. The monoisotopic (exact) mass is 393 g/mol. The van der Waals surface area contributed by atoms with Crippen molar-refractivity contribution in [1.29, 1.82) is 0 Å². The molecule has 0 aromatic heterocycles. The van der Waals surface area contributed by atoms with Gasteiger partial charge in [-0.3, -0.25) is 4.79 Å². The van der Waals surface area contributed by atoms with Crippen LogP contribution in [0.2, 0.25) is 0 Å². The minimum Gasteiger partial charge on any atom is -0.366 e. The van der Waals surface area contributed by atoms with E-state index in [0.717, 1.165) is 13.8 Å². The van der Waals surface area contributed by atoms with E-state index in [1.807, 2.05) is 0 Å². The predicted molar refractivity (Wildman–Crippen MR) is 84.8 cm³/mol. The highest BCUT2D eigenvalue weighted by Gasteiger charge is 2.74. The molecule has 0 fully saturated rings. The number of rotatable bonds is 3. The van der Waals surface area contributed by atoms with E-state index in [-0.39, 0.29) is 22.3 Å². The maximum atomic E-state index is 14.6. The van der Waals surface area contributed by atoms with Gasteiger partial charge in [0.1, 0.15) is 0 Å². The van der Waals surface area contributed by atoms with Crippen molar-refractivity contribution in [2.24, 2.45) is 5.73 Å². The van der Waals surface area contributed by atoms with Crippen molar-refractivity contribution in [2.45, 2.75) is 31.9 Å². The number of carbonyl (C=O) groups excluding carboxylic acids is 1. The van der Waals surface area contributed by atoms with E-state index in [9.17, 15) is 35.5 Å². The first-order valence-electron chi connectivity index (χ1n) is 7.55. The zero-order valence-electron chi connectivity index (χ0n) is 14.1. The molecular formula is C18H14F7NO. The summed E-state index contributed by atoms with van der Waals surface area (Å²) in [5.74, 6) is -1.05. The molecule has 0 saturated heterocycles. The number of benzene rings is 2. The van der Waals surface area contributed by atoms with Gasteiger partial charge < -0.3 is 5.73 Å². The van der Waals surface area contributed by atoms with E-state index >= 15 is 0 Å². The Morgan fingerprint density at radius 2 is 1.33 bits per heavy atom. The summed E-state index contributed by atoms with van der Waals surface area (Å²) >= 11 is 0. The van der Waals surface area contributed by atoms with Gasteiger partial charge in [0.2, 0.25) is 5.91 Å². The molecule has 2 N–H and O–H groups in total. The van der Waals surface area contributed by atoms with Crippen LogP contribution < -0.4 is 5.73 Å². The molecule has 0 aliphatic rings. The van der Waals surface area contributed by atoms with Crippen LogP contribution in [0.5, 0.6) is 0 Å². The summed E-state index contributed by atoms with van der Waals surface area (Å²) in [6, 6.07) is 7.61. The molecule has 0 unspecified atom stereocenters. The zero-order valence-corrected chi connectivity index (χ0v) is 14.1. The molecule has 0 atom stereocenters. The molecule has 0 saturated carbocycles. The quantitative estimate of drug-likeness (QED) is 0.701. The topological polar surface area (TPSA) is 43.1 Å². The summed E-state index contributed by atoms with van der Waals surface area (Å²) in [5, 5.41) is 0. The zero-order chi connectivity index (χ0) is 20.8. The van der Waals surface area contributed by atoms with Gasteiger partial charge in [0, 0.05) is 5.56 Å². The van der Waals surface area contributed by atoms with Gasteiger partial charge in [-0.2, -0.15) is 26.3 Å². The molecule has 2 aromatic carbocycles. The van der Waals surface area contributed by atoms with Crippen LogP contribution in [0.4, 0.5) is 30.7 Å². The van der Waals surface area contributed by atoms with Gasteiger partial charge in [0.05, 0.1) is 5.56 Å². The van der Waals surface area contributed by atoms with Gasteiger partial charge in [0.15, 0.2) is 0 Å². The van der Waals surface area contributed by atoms with E-state index in [1.54, 1.807) is 6.07 Å². The van der Waals surface area contributed by atoms with Gasteiger partial charge in [-0.25, -0.2) is 4.39 Å². The number of primary amides is 1. The second-order valence-electron chi connectivity index (χ2n) is 5.98. The Labute approximate surface area is 149 Å². The van der Waals surface area contributed by atoms with Gasteiger partial charge >= 0.3 is 18.0 Å². The predicted octanol–water partition coefficient (Wildman–Crippen LogP) is 5.36. The molecule has 9 heteroatoms. The Bertz CT molecular complexity index is 856. The van der Waals surface area contributed by atoms with Crippen molar-refractivity contribution < 1.29 is 35.5 Å². The summed E-state index contributed by atoms with van der Waals surface area (Å²) in [7, 11) is 0. The lowest BCUT2D eigenvalue weighted by Crippen LogP contribution is -2.51. The van der Waals surface area contributed by atoms with Crippen LogP contribution in [0, 0.1) is 13.8 Å². The average molecular weight is 393 g/mol. The van der Waals surface area contributed by atoms with Crippen molar-refractivity contribution in [2.75, 3.05) is 0 Å². The van der Waals surface area contributed by atoms with Crippen LogP contribution in [-0.2, 0) is 5.67 Å². The van der Waals surface area contributed by atoms with Crippen LogP contribution in [-0.4, -0.2) is 18.3 Å². The molecular weight excluding hydrogens is 379 g/mol. The summed E-state index contributed by atoms with van der Waals surface area (Å²) in [4.78, 5) is 11.8. The van der Waals surface area contributed by atoms with Crippen molar-refractivity contribution in [3.8, 4) is 11.1 Å². The molecule has 27 heavy (non-hydrogen) atoms. The van der Waals surface area contributed by atoms with Gasteiger partial charge in [-0.15, -0.1) is 0 Å². The maximum Gasteiger partial charge on any atom is 0.435 e. The minimum atomic E-state index is -6.26. The number of hydrogen-bond donors (Lipinski definition) is 1. The third-order valence-electron chi connectivity index (χ3n) is 4.38. The third kappa shape index (κ3) is 3.26. The Morgan fingerprint density at radius 1 is 0.852 bits per heavy atom. The number of carbonyl (C=O) groups is 1. The lowest BCUT2D eigenvalue weighted by Gasteiger charge is -2.32. The highest BCUT2D eigenvalue weighted by molar-refractivity contribution is 6.02. The summed E-state index contributed by atoms with van der Waals surface area (Å²) in [6.45, 7) is 2.01. The van der Waals surface area contributed by atoms with Crippen molar-refractivity contribution >= 4 is 5.91 Å². The molecule has 0 radical (unpaired) electrons. The molecule has 2 nitrogen and oxygen atoms in total. The summed E-state index contributed by atoms with van der Waals surface area (Å²) in [6.07, 6.45) is -12.5. The second kappa shape index (κ2) is 6.54. The second-order valence-corrected chi connectivity index (χ2v) is 5.98. The molecule has 2 rings (SSSR count). The van der Waals surface area contributed by atoms with Crippen LogP contribution in [0.15, 0.2) is 36.4 Å². The number of alkyl halides is 7. The van der Waals surface area contributed by atoms with Crippen LogP contribution >= 0.6 is 0 Å². The first kappa shape index (κ1) is 20.7. The van der Waals surface area contributed by atoms with Gasteiger partial charge in [0.25, 0.3) is 0 Å². The Hall–Kier alpha value is -2.58. The molecule has 0 aliphatic heterocycles. The Kier molecular flexibility index (Phi) is 5.02. The Morgan fingerprint density at radius 3 is 1.74 bits per heavy atom. The SMILES string of the molecule is Cc1c(C(F)(C(F)(F)F)C(F)(F)F)cc(-c2ccccc2)c(C(N)=O)c1C. The fraction of sp³-hybridized carbons (Fsp3) is 0.278. The molecule has 0 spiro atoms. The van der Waals surface area contributed by atoms with Crippen LogP contribution in [0.1, 0.15) is 27.0 Å². The molecule has 0 heterocycles. The largest absolute Gasteiger partial charge is 0.435 e. The molecule has 0 aliphatic carbocycles. The maximum absolute atomic E-state index is 14.6. The van der Waals surface area contributed by atoms with E-state index in [2.05, 4.69) is 0 Å². The normalized spacial score (nSPS) is 12.9. The minimum absolute atomic E-state index is 0.127. The number of hydrogen-bond acceptors (Lipinski definition) is 1. The molecule has 2 aromatic rings. The van der Waals surface area contributed by atoms with E-state index in [4.69, 9.17) is 5.73 Å². The van der Waals surface area contributed by atoms with Crippen LogP contribution in [0.25, 0.3) is 11.1 Å². The molecule has 1 amide bonds. The van der Waals surface area contributed by atoms with Crippen molar-refractivity contribution in [3.05, 3.63) is 58.7 Å². The lowest BCUT2D eigenvalue weighted by atomic mass is 9.82. The standard InChI is InChI=1S/C18H14F7NO/c1-9-10(2)14(15(26)27)12(11-6-4-3-5-7-11)8-13(9)16(19,17(20,21)22)18(23,24)25/h3-8H,1-2H3,(H2,26,27). The summed E-state index contributed by atoms with van der Waals surface area (Å²) < 4.78 is 93.9. The third-order valence-corrected chi connectivity index (χ3v) is 4.38. The lowest BCUT2D eigenvalue weighted by molar-refractivity contribution is -0.348. The first-order chi connectivity index (χ1) is 12.2. The number of amides is 1. The molecule has 146 valence electrons. The highest BCUT2D eigenvalue weighted by atomic mass is 19.4. The van der Waals surface area contributed by atoms with Gasteiger partial charge in [-0.05, 0) is 42.2 Å². The van der Waals surface area contributed by atoms with Crippen LogP contribution in [0.3, 0.4) is 0 Å².